The largest absolute Gasteiger partial charge is 0.334 e. The van der Waals surface area contributed by atoms with Gasteiger partial charge < -0.3 is 9.42 Å². The molecule has 132 valence electrons. The summed E-state index contributed by atoms with van der Waals surface area (Å²) in [5.41, 5.74) is 0.749. The van der Waals surface area contributed by atoms with Gasteiger partial charge in [0.2, 0.25) is 5.91 Å². The fourth-order valence-electron chi connectivity index (χ4n) is 2.92. The number of carbonyl (C=O) groups excluding carboxylic acids is 1. The number of anilines is 1. The Labute approximate surface area is 152 Å². The topological polar surface area (TPSA) is 59.2 Å². The molecule has 0 aliphatic carbocycles. The second kappa shape index (κ2) is 6.49. The van der Waals surface area contributed by atoms with E-state index in [1.165, 1.54) is 47.4 Å². The standard InChI is InChI=1S/C18H12ClF2N3O2/c19-12-3-6-15(14(21)8-12)24-9-11(7-16(24)25)17-22-18(26-23-17)10-1-4-13(20)5-2-10/h1-6,8,11H,7,9H2. The molecule has 0 N–H and O–H groups in total. The van der Waals surface area contributed by atoms with Crippen molar-refractivity contribution in [2.75, 3.05) is 11.4 Å². The first-order chi connectivity index (χ1) is 12.5. The van der Waals surface area contributed by atoms with Crippen LogP contribution in [0.25, 0.3) is 11.5 Å². The number of hydrogen-bond donors (Lipinski definition) is 0. The van der Waals surface area contributed by atoms with E-state index in [-0.39, 0.29) is 47.2 Å². The van der Waals surface area contributed by atoms with Gasteiger partial charge in [0.1, 0.15) is 11.6 Å². The minimum atomic E-state index is -0.563. The van der Waals surface area contributed by atoms with E-state index in [9.17, 15) is 13.6 Å². The highest BCUT2D eigenvalue weighted by Crippen LogP contribution is 2.33. The lowest BCUT2D eigenvalue weighted by molar-refractivity contribution is -0.117. The molecule has 1 aliphatic heterocycles. The number of aromatic nitrogens is 2. The Morgan fingerprint density at radius 1 is 1.15 bits per heavy atom. The van der Waals surface area contributed by atoms with E-state index in [0.717, 1.165) is 0 Å². The van der Waals surface area contributed by atoms with Crippen molar-refractivity contribution in [3.05, 3.63) is 64.9 Å². The van der Waals surface area contributed by atoms with Crippen molar-refractivity contribution >= 4 is 23.2 Å². The van der Waals surface area contributed by atoms with E-state index in [0.29, 0.717) is 11.4 Å². The zero-order valence-electron chi connectivity index (χ0n) is 13.3. The van der Waals surface area contributed by atoms with Gasteiger partial charge in [0.05, 0.1) is 5.69 Å². The molecule has 1 aliphatic rings. The van der Waals surface area contributed by atoms with Gasteiger partial charge in [0, 0.05) is 29.5 Å². The van der Waals surface area contributed by atoms with Gasteiger partial charge in [0.15, 0.2) is 5.82 Å². The van der Waals surface area contributed by atoms with Gasteiger partial charge in [-0.05, 0) is 42.5 Å². The highest BCUT2D eigenvalue weighted by Gasteiger charge is 2.35. The number of amides is 1. The van der Waals surface area contributed by atoms with Gasteiger partial charge in [-0.3, -0.25) is 4.79 Å². The fraction of sp³-hybridized carbons (Fsp3) is 0.167. The second-order valence-electron chi connectivity index (χ2n) is 5.97. The molecule has 1 atom stereocenters. The maximum Gasteiger partial charge on any atom is 0.257 e. The number of hydrogen-bond acceptors (Lipinski definition) is 4. The smallest absolute Gasteiger partial charge is 0.257 e. The zero-order valence-corrected chi connectivity index (χ0v) is 14.1. The number of nitrogens with zero attached hydrogens (tertiary/aromatic N) is 3. The number of rotatable bonds is 3. The molecule has 1 fully saturated rings. The molecule has 8 heteroatoms. The first-order valence-electron chi connectivity index (χ1n) is 7.86. The SMILES string of the molecule is O=C1CC(c2noc(-c3ccc(F)cc3)n2)CN1c1ccc(Cl)cc1F. The summed E-state index contributed by atoms with van der Waals surface area (Å²) < 4.78 is 32.3. The maximum absolute atomic E-state index is 14.1. The van der Waals surface area contributed by atoms with Gasteiger partial charge in [-0.15, -0.1) is 0 Å². The van der Waals surface area contributed by atoms with Gasteiger partial charge in [0.25, 0.3) is 5.89 Å². The summed E-state index contributed by atoms with van der Waals surface area (Å²) in [6, 6.07) is 9.81. The van der Waals surface area contributed by atoms with E-state index in [1.807, 2.05) is 0 Å². The predicted molar refractivity (Wildman–Crippen MR) is 90.8 cm³/mol. The van der Waals surface area contributed by atoms with Crippen LogP contribution in [0.3, 0.4) is 0 Å². The van der Waals surface area contributed by atoms with Crippen LogP contribution in [0.5, 0.6) is 0 Å². The molecule has 1 amide bonds. The molecular weight excluding hydrogens is 364 g/mol. The highest BCUT2D eigenvalue weighted by molar-refractivity contribution is 6.30. The first kappa shape index (κ1) is 16.7. The molecular formula is C18H12ClF2N3O2. The Kier molecular flexibility index (Phi) is 4.16. The monoisotopic (exact) mass is 375 g/mol. The van der Waals surface area contributed by atoms with Crippen molar-refractivity contribution in [1.82, 2.24) is 10.1 Å². The van der Waals surface area contributed by atoms with E-state index < -0.39 is 5.82 Å². The number of carbonyl (C=O) groups is 1. The Hall–Kier alpha value is -2.80. The molecule has 1 aromatic heterocycles. The zero-order chi connectivity index (χ0) is 18.3. The van der Waals surface area contributed by atoms with Gasteiger partial charge in [-0.2, -0.15) is 4.98 Å². The van der Waals surface area contributed by atoms with E-state index in [1.54, 1.807) is 0 Å². The van der Waals surface area contributed by atoms with Crippen LogP contribution in [0.4, 0.5) is 14.5 Å². The summed E-state index contributed by atoms with van der Waals surface area (Å²) in [7, 11) is 0. The lowest BCUT2D eigenvalue weighted by Crippen LogP contribution is -2.25. The van der Waals surface area contributed by atoms with Crippen molar-refractivity contribution in [2.45, 2.75) is 12.3 Å². The lowest BCUT2D eigenvalue weighted by Gasteiger charge is -2.17. The third-order valence-electron chi connectivity index (χ3n) is 4.22. The van der Waals surface area contributed by atoms with Gasteiger partial charge in [-0.1, -0.05) is 16.8 Å². The second-order valence-corrected chi connectivity index (χ2v) is 6.40. The first-order valence-corrected chi connectivity index (χ1v) is 8.24. The minimum absolute atomic E-state index is 0.143. The van der Waals surface area contributed by atoms with Crippen LogP contribution in [0.1, 0.15) is 18.2 Å². The summed E-state index contributed by atoms with van der Waals surface area (Å²) in [6.45, 7) is 0.236. The molecule has 5 nitrogen and oxygen atoms in total. The normalized spacial score (nSPS) is 17.1. The molecule has 0 bridgehead atoms. The van der Waals surface area contributed by atoms with Crippen LogP contribution >= 0.6 is 11.6 Å². The molecule has 0 saturated carbocycles. The number of benzene rings is 2. The molecule has 26 heavy (non-hydrogen) atoms. The Balaban J connectivity index is 1.56. The van der Waals surface area contributed by atoms with Crippen LogP contribution in [0, 0.1) is 11.6 Å². The summed E-state index contributed by atoms with van der Waals surface area (Å²) in [5.74, 6) is -0.889. The van der Waals surface area contributed by atoms with E-state index in [2.05, 4.69) is 10.1 Å². The van der Waals surface area contributed by atoms with Gasteiger partial charge in [-0.25, -0.2) is 8.78 Å². The molecule has 0 spiro atoms. The molecule has 0 radical (unpaired) electrons. The van der Waals surface area contributed by atoms with Crippen molar-refractivity contribution < 1.29 is 18.1 Å². The van der Waals surface area contributed by atoms with Crippen LogP contribution in [0.2, 0.25) is 5.02 Å². The van der Waals surface area contributed by atoms with Crippen LogP contribution in [0.15, 0.2) is 47.0 Å². The van der Waals surface area contributed by atoms with E-state index >= 15 is 0 Å². The molecule has 2 heterocycles. The molecule has 1 saturated heterocycles. The Bertz CT molecular complexity index is 975. The molecule has 2 aromatic carbocycles. The van der Waals surface area contributed by atoms with Crippen LogP contribution in [-0.4, -0.2) is 22.6 Å². The molecule has 1 unspecified atom stereocenters. The third-order valence-corrected chi connectivity index (χ3v) is 4.46. The fourth-order valence-corrected chi connectivity index (χ4v) is 3.08. The van der Waals surface area contributed by atoms with Crippen molar-refractivity contribution in [3.8, 4) is 11.5 Å². The van der Waals surface area contributed by atoms with Gasteiger partial charge >= 0.3 is 0 Å². The van der Waals surface area contributed by atoms with Crippen LogP contribution < -0.4 is 4.90 Å². The molecule has 4 rings (SSSR count). The molecule has 3 aromatic rings. The van der Waals surface area contributed by atoms with Crippen LogP contribution in [-0.2, 0) is 4.79 Å². The average molecular weight is 376 g/mol. The summed E-state index contributed by atoms with van der Waals surface area (Å²) in [5, 5.41) is 4.18. The van der Waals surface area contributed by atoms with E-state index in [4.69, 9.17) is 16.1 Å². The van der Waals surface area contributed by atoms with Crippen molar-refractivity contribution in [3.63, 3.8) is 0 Å². The quantitative estimate of drug-likeness (QED) is 0.688. The predicted octanol–water partition coefficient (Wildman–Crippen LogP) is 4.19. The third kappa shape index (κ3) is 3.06. The average Bonchev–Trinajstić information content (AvgIpc) is 3.23. The summed E-state index contributed by atoms with van der Waals surface area (Å²) in [4.78, 5) is 18.0. The Morgan fingerprint density at radius 3 is 2.65 bits per heavy atom. The summed E-state index contributed by atoms with van der Waals surface area (Å²) in [6.07, 6.45) is 0.143. The van der Waals surface area contributed by atoms with Crippen molar-refractivity contribution in [1.29, 1.82) is 0 Å². The Morgan fingerprint density at radius 2 is 1.92 bits per heavy atom. The maximum atomic E-state index is 14.1. The lowest BCUT2D eigenvalue weighted by atomic mass is 10.1. The highest BCUT2D eigenvalue weighted by atomic mass is 35.5. The van der Waals surface area contributed by atoms with Crippen molar-refractivity contribution in [2.24, 2.45) is 0 Å². The summed E-state index contributed by atoms with van der Waals surface area (Å²) >= 11 is 5.76. The minimum Gasteiger partial charge on any atom is -0.334 e. The number of halogens is 3.